The van der Waals surface area contributed by atoms with Crippen molar-refractivity contribution >= 4 is 27.5 Å². The van der Waals surface area contributed by atoms with E-state index >= 15 is 0 Å². The zero-order valence-corrected chi connectivity index (χ0v) is 20.7. The first-order valence-electron chi connectivity index (χ1n) is 10.8. The number of para-hydroxylation sites is 2. The number of sulfonamides is 1. The van der Waals surface area contributed by atoms with Gasteiger partial charge in [-0.3, -0.25) is 13.9 Å². The first-order chi connectivity index (χ1) is 15.6. The predicted molar refractivity (Wildman–Crippen MR) is 130 cm³/mol. The first kappa shape index (κ1) is 26.2. The van der Waals surface area contributed by atoms with Gasteiger partial charge in [-0.15, -0.1) is 0 Å². The Balaban J connectivity index is 2.19. The summed E-state index contributed by atoms with van der Waals surface area (Å²) in [5.74, 6) is -0.0461. The van der Waals surface area contributed by atoms with Crippen LogP contribution in [0.15, 0.2) is 48.5 Å². The fraction of sp³-hybridized carbons (Fsp3) is 0.417. The van der Waals surface area contributed by atoms with Crippen LogP contribution in [-0.2, 0) is 26.2 Å². The van der Waals surface area contributed by atoms with Gasteiger partial charge in [0.05, 0.1) is 19.1 Å². The quantitative estimate of drug-likeness (QED) is 0.539. The predicted octanol–water partition coefficient (Wildman–Crippen LogP) is 2.71. The molecular weight excluding hydrogens is 442 g/mol. The average molecular weight is 476 g/mol. The normalized spacial score (nSPS) is 12.0. The highest BCUT2D eigenvalue weighted by molar-refractivity contribution is 7.92. The molecule has 1 atom stereocenters. The van der Waals surface area contributed by atoms with Crippen molar-refractivity contribution in [2.24, 2.45) is 0 Å². The molecule has 0 saturated carbocycles. The Kier molecular flexibility index (Phi) is 9.28. The van der Waals surface area contributed by atoms with Gasteiger partial charge in [0.15, 0.2) is 0 Å². The lowest BCUT2D eigenvalue weighted by atomic mass is 10.1. The van der Waals surface area contributed by atoms with Gasteiger partial charge >= 0.3 is 0 Å². The fourth-order valence-electron chi connectivity index (χ4n) is 3.58. The van der Waals surface area contributed by atoms with Crippen molar-refractivity contribution in [2.45, 2.75) is 39.3 Å². The van der Waals surface area contributed by atoms with E-state index in [1.54, 1.807) is 31.2 Å². The van der Waals surface area contributed by atoms with Crippen LogP contribution in [0.4, 0.5) is 5.69 Å². The summed E-state index contributed by atoms with van der Waals surface area (Å²) in [6, 6.07) is 13.9. The number of nitrogens with one attached hydrogen (secondary N) is 1. The minimum Gasteiger partial charge on any atom is -0.495 e. The highest BCUT2D eigenvalue weighted by Crippen LogP contribution is 2.29. The van der Waals surface area contributed by atoms with E-state index in [2.05, 4.69) is 5.32 Å². The van der Waals surface area contributed by atoms with E-state index < -0.39 is 16.1 Å². The standard InChI is InChI=1S/C24H33N3O5S/c1-18-11-6-7-12-20(18)17-26(19(2)24(29)25-3)23(28)15-10-16-27(33(5,30)31)21-13-8-9-14-22(21)32-4/h6-9,11-14,19H,10,15-17H2,1-5H3,(H,25,29)/t19-/m1/s1. The van der Waals surface area contributed by atoms with Crippen LogP contribution in [0.2, 0.25) is 0 Å². The second-order valence-corrected chi connectivity index (χ2v) is 9.76. The molecule has 0 aromatic heterocycles. The number of aryl methyl sites for hydroxylation is 1. The highest BCUT2D eigenvalue weighted by atomic mass is 32.2. The molecule has 0 radical (unpaired) electrons. The second-order valence-electron chi connectivity index (χ2n) is 7.85. The maximum Gasteiger partial charge on any atom is 0.242 e. The minimum absolute atomic E-state index is 0.0917. The number of likely N-dealkylation sites (N-methyl/N-ethyl adjacent to an activating group) is 1. The summed E-state index contributed by atoms with van der Waals surface area (Å²) in [5, 5.41) is 2.59. The molecule has 2 aromatic rings. The molecule has 0 aliphatic rings. The van der Waals surface area contributed by atoms with Gasteiger partial charge in [-0.05, 0) is 43.5 Å². The van der Waals surface area contributed by atoms with Gasteiger partial charge in [-0.1, -0.05) is 36.4 Å². The van der Waals surface area contributed by atoms with Crippen molar-refractivity contribution in [1.29, 1.82) is 0 Å². The van der Waals surface area contributed by atoms with E-state index in [-0.39, 0.29) is 31.2 Å². The van der Waals surface area contributed by atoms with E-state index in [0.29, 0.717) is 18.0 Å². The Labute approximate surface area is 196 Å². The number of benzene rings is 2. The summed E-state index contributed by atoms with van der Waals surface area (Å²) >= 11 is 0. The number of nitrogens with zero attached hydrogens (tertiary/aromatic N) is 2. The molecule has 0 heterocycles. The van der Waals surface area contributed by atoms with Crippen LogP contribution in [0.3, 0.4) is 0 Å². The monoisotopic (exact) mass is 475 g/mol. The Hall–Kier alpha value is -3.07. The smallest absolute Gasteiger partial charge is 0.242 e. The number of carbonyl (C=O) groups is 2. The molecule has 0 spiro atoms. The van der Waals surface area contributed by atoms with Crippen molar-refractivity contribution in [2.75, 3.05) is 31.3 Å². The molecule has 0 fully saturated rings. The summed E-state index contributed by atoms with van der Waals surface area (Å²) in [5.41, 5.74) is 2.40. The molecule has 0 bridgehead atoms. The lowest BCUT2D eigenvalue weighted by Crippen LogP contribution is -2.47. The van der Waals surface area contributed by atoms with Crippen molar-refractivity contribution in [3.8, 4) is 5.75 Å². The third-order valence-electron chi connectivity index (χ3n) is 5.52. The Bertz CT molecular complexity index is 1070. The number of hydrogen-bond acceptors (Lipinski definition) is 5. The molecular formula is C24H33N3O5S. The summed E-state index contributed by atoms with van der Waals surface area (Å²) in [4.78, 5) is 27.0. The third kappa shape index (κ3) is 6.95. The van der Waals surface area contributed by atoms with E-state index in [4.69, 9.17) is 4.74 Å². The highest BCUT2D eigenvalue weighted by Gasteiger charge is 2.27. The Morgan fingerprint density at radius 1 is 1.09 bits per heavy atom. The van der Waals surface area contributed by atoms with Crippen molar-refractivity contribution in [1.82, 2.24) is 10.2 Å². The number of anilines is 1. The number of ether oxygens (including phenoxy) is 1. The van der Waals surface area contributed by atoms with Gasteiger partial charge in [-0.25, -0.2) is 8.42 Å². The lowest BCUT2D eigenvalue weighted by Gasteiger charge is -2.29. The minimum atomic E-state index is -3.59. The second kappa shape index (κ2) is 11.7. The molecule has 2 rings (SSSR count). The largest absolute Gasteiger partial charge is 0.495 e. The van der Waals surface area contributed by atoms with Crippen LogP contribution in [0.5, 0.6) is 5.75 Å². The molecule has 33 heavy (non-hydrogen) atoms. The van der Waals surface area contributed by atoms with E-state index in [1.165, 1.54) is 23.4 Å². The molecule has 1 N–H and O–H groups in total. The van der Waals surface area contributed by atoms with E-state index in [9.17, 15) is 18.0 Å². The number of hydrogen-bond donors (Lipinski definition) is 1. The number of methoxy groups -OCH3 is 1. The molecule has 0 unspecified atom stereocenters. The third-order valence-corrected chi connectivity index (χ3v) is 6.70. The maximum atomic E-state index is 13.2. The number of carbonyl (C=O) groups excluding carboxylic acids is 2. The maximum absolute atomic E-state index is 13.2. The SMILES string of the molecule is CNC(=O)[C@@H](C)N(Cc1ccccc1C)C(=O)CCCN(c1ccccc1OC)S(C)(=O)=O. The average Bonchev–Trinajstić information content (AvgIpc) is 2.79. The summed E-state index contributed by atoms with van der Waals surface area (Å²) in [6.07, 6.45) is 1.50. The van der Waals surface area contributed by atoms with Gasteiger partial charge in [-0.2, -0.15) is 0 Å². The zero-order valence-electron chi connectivity index (χ0n) is 19.9. The van der Waals surface area contributed by atoms with Crippen LogP contribution in [0.1, 0.15) is 30.9 Å². The summed E-state index contributed by atoms with van der Waals surface area (Å²) < 4.78 is 31.4. The zero-order chi connectivity index (χ0) is 24.6. The number of amides is 2. The molecule has 9 heteroatoms. The van der Waals surface area contributed by atoms with Crippen LogP contribution in [-0.4, -0.2) is 58.1 Å². The molecule has 2 amide bonds. The molecule has 8 nitrogen and oxygen atoms in total. The molecule has 2 aromatic carbocycles. The van der Waals surface area contributed by atoms with Crippen molar-refractivity contribution < 1.29 is 22.7 Å². The van der Waals surface area contributed by atoms with E-state index in [0.717, 1.165) is 17.4 Å². The molecule has 180 valence electrons. The van der Waals surface area contributed by atoms with Crippen LogP contribution < -0.4 is 14.4 Å². The van der Waals surface area contributed by atoms with E-state index in [1.807, 2.05) is 31.2 Å². The topological polar surface area (TPSA) is 96.0 Å². The van der Waals surface area contributed by atoms with Crippen LogP contribution >= 0.6 is 0 Å². The van der Waals surface area contributed by atoms with Crippen molar-refractivity contribution in [3.05, 3.63) is 59.7 Å². The van der Waals surface area contributed by atoms with Gasteiger partial charge in [0.25, 0.3) is 0 Å². The lowest BCUT2D eigenvalue weighted by molar-refractivity contribution is -0.140. The van der Waals surface area contributed by atoms with Gasteiger partial charge in [0, 0.05) is 26.6 Å². The van der Waals surface area contributed by atoms with Crippen LogP contribution in [0, 0.1) is 6.92 Å². The van der Waals surface area contributed by atoms with Gasteiger partial charge in [0.2, 0.25) is 21.8 Å². The number of rotatable bonds is 11. The Morgan fingerprint density at radius 2 is 1.73 bits per heavy atom. The van der Waals surface area contributed by atoms with Crippen molar-refractivity contribution in [3.63, 3.8) is 0 Å². The fourth-order valence-corrected chi connectivity index (χ4v) is 4.55. The molecule has 0 saturated heterocycles. The Morgan fingerprint density at radius 3 is 2.33 bits per heavy atom. The van der Waals surface area contributed by atoms with Gasteiger partial charge in [0.1, 0.15) is 11.8 Å². The summed E-state index contributed by atoms with van der Waals surface area (Å²) in [6.45, 7) is 4.05. The van der Waals surface area contributed by atoms with Crippen LogP contribution in [0.25, 0.3) is 0 Å². The summed E-state index contributed by atoms with van der Waals surface area (Å²) in [7, 11) is -0.580. The molecule has 0 aliphatic heterocycles. The van der Waals surface area contributed by atoms with Gasteiger partial charge < -0.3 is 15.0 Å². The first-order valence-corrected chi connectivity index (χ1v) is 12.6. The molecule has 0 aliphatic carbocycles.